The van der Waals surface area contributed by atoms with Gasteiger partial charge in [-0.1, -0.05) is 12.7 Å². The molecule has 2 rings (SSSR count). The second kappa shape index (κ2) is 6.23. The molecule has 4 nitrogen and oxygen atoms in total. The number of hydrogen-bond donors (Lipinski definition) is 0. The Morgan fingerprint density at radius 2 is 2.25 bits per heavy atom. The van der Waals surface area contributed by atoms with E-state index in [9.17, 15) is 9.18 Å². The summed E-state index contributed by atoms with van der Waals surface area (Å²) in [5.41, 5.74) is 1.42. The molecule has 20 heavy (non-hydrogen) atoms. The molecule has 0 spiro atoms. The molecule has 0 fully saturated rings. The molecular formula is C15H15FO4. The van der Waals surface area contributed by atoms with Crippen LogP contribution < -0.4 is 4.74 Å². The molecule has 1 aromatic rings. The number of carbonyl (C=O) groups is 1. The van der Waals surface area contributed by atoms with E-state index in [4.69, 9.17) is 14.2 Å². The van der Waals surface area contributed by atoms with Gasteiger partial charge in [0, 0.05) is 12.0 Å². The van der Waals surface area contributed by atoms with Crippen molar-refractivity contribution in [3.8, 4) is 5.75 Å². The molecule has 1 aliphatic rings. The minimum atomic E-state index is -0.946. The first kappa shape index (κ1) is 14.1. The first-order chi connectivity index (χ1) is 9.65. The third-order valence-electron chi connectivity index (χ3n) is 2.92. The topological polar surface area (TPSA) is 44.8 Å². The molecule has 5 heteroatoms. The Morgan fingerprint density at radius 3 is 2.95 bits per heavy atom. The van der Waals surface area contributed by atoms with Crippen molar-refractivity contribution in [3.63, 3.8) is 0 Å². The molecule has 0 aromatic heterocycles. The van der Waals surface area contributed by atoms with Gasteiger partial charge in [-0.05, 0) is 30.2 Å². The zero-order valence-corrected chi connectivity index (χ0v) is 11.1. The summed E-state index contributed by atoms with van der Waals surface area (Å²) in [6.07, 6.45) is 1.18. The van der Waals surface area contributed by atoms with E-state index in [0.29, 0.717) is 17.7 Å². The molecule has 0 saturated heterocycles. The van der Waals surface area contributed by atoms with E-state index in [1.807, 2.05) is 0 Å². The first-order valence-corrected chi connectivity index (χ1v) is 6.17. The summed E-state index contributed by atoms with van der Waals surface area (Å²) in [5.74, 6) is 0.140. The molecular weight excluding hydrogens is 263 g/mol. The van der Waals surface area contributed by atoms with Gasteiger partial charge in [0.2, 0.25) is 0 Å². The number of halogens is 1. The summed E-state index contributed by atoms with van der Waals surface area (Å²) in [6, 6.07) is 5.17. The van der Waals surface area contributed by atoms with E-state index in [1.54, 1.807) is 25.3 Å². The van der Waals surface area contributed by atoms with Crippen molar-refractivity contribution in [1.82, 2.24) is 0 Å². The van der Waals surface area contributed by atoms with Gasteiger partial charge in [-0.15, -0.1) is 0 Å². The monoisotopic (exact) mass is 278 g/mol. The quantitative estimate of drug-likeness (QED) is 0.623. The van der Waals surface area contributed by atoms with Crippen LogP contribution in [0.4, 0.5) is 9.18 Å². The number of allylic oxidation sites excluding steroid dienone is 1. The third-order valence-corrected chi connectivity index (χ3v) is 2.92. The molecule has 106 valence electrons. The molecule has 0 atom stereocenters. The maximum absolute atomic E-state index is 13.9. The average Bonchev–Trinajstić information content (AvgIpc) is 2.47. The number of aryl methyl sites for hydroxylation is 1. The molecule has 0 bridgehead atoms. The van der Waals surface area contributed by atoms with E-state index < -0.39 is 12.0 Å². The minimum Gasteiger partial charge on any atom is -0.497 e. The van der Waals surface area contributed by atoms with Gasteiger partial charge in [-0.25, -0.2) is 9.18 Å². The number of carbonyl (C=O) groups excluding carboxylic acids is 1. The normalized spacial score (nSPS) is 13.5. The zero-order chi connectivity index (χ0) is 14.5. The van der Waals surface area contributed by atoms with Crippen LogP contribution in [0.15, 0.2) is 36.7 Å². The van der Waals surface area contributed by atoms with Crippen LogP contribution >= 0.6 is 0 Å². The molecule has 0 unspecified atom stereocenters. The van der Waals surface area contributed by atoms with Gasteiger partial charge in [0.15, 0.2) is 5.76 Å². The van der Waals surface area contributed by atoms with Gasteiger partial charge in [-0.2, -0.15) is 0 Å². The number of ether oxygens (including phenoxy) is 3. The van der Waals surface area contributed by atoms with Gasteiger partial charge in [-0.3, -0.25) is 0 Å². The predicted octanol–water partition coefficient (Wildman–Crippen LogP) is 3.62. The fraction of sp³-hybridized carbons (Fsp3) is 0.267. The highest BCUT2D eigenvalue weighted by atomic mass is 19.1. The fourth-order valence-corrected chi connectivity index (χ4v) is 1.98. The molecule has 0 N–H and O–H groups in total. The lowest BCUT2D eigenvalue weighted by molar-refractivity contribution is 0.0991. The summed E-state index contributed by atoms with van der Waals surface area (Å²) in [5, 5.41) is 0. The van der Waals surface area contributed by atoms with Crippen LogP contribution in [0.2, 0.25) is 0 Å². The van der Waals surface area contributed by atoms with Crippen molar-refractivity contribution in [2.75, 3.05) is 13.7 Å². The van der Waals surface area contributed by atoms with Crippen molar-refractivity contribution >= 4 is 11.9 Å². The van der Waals surface area contributed by atoms with E-state index >= 15 is 0 Å². The van der Waals surface area contributed by atoms with Crippen LogP contribution in [-0.4, -0.2) is 19.9 Å². The zero-order valence-electron chi connectivity index (χ0n) is 11.1. The SMILES string of the molecule is C=CCOC(=O)OC1=C(F)CCc2cc(OC)ccc21. The fourth-order valence-electron chi connectivity index (χ4n) is 1.98. The maximum atomic E-state index is 13.9. The largest absolute Gasteiger partial charge is 0.514 e. The Hall–Kier alpha value is -2.30. The smallest absolute Gasteiger partial charge is 0.497 e. The van der Waals surface area contributed by atoms with Crippen LogP contribution in [-0.2, 0) is 15.9 Å². The highest BCUT2D eigenvalue weighted by Gasteiger charge is 2.24. The van der Waals surface area contributed by atoms with Crippen molar-refractivity contribution in [2.45, 2.75) is 12.8 Å². The Bertz CT molecular complexity index is 563. The standard InChI is InChI=1S/C15H15FO4/c1-3-8-19-15(17)20-14-12-6-5-11(18-2)9-10(12)4-7-13(14)16/h3,5-6,9H,1,4,7-8H2,2H3. The number of methoxy groups -OCH3 is 1. The Balaban J connectivity index is 2.24. The lowest BCUT2D eigenvalue weighted by Crippen LogP contribution is -2.12. The van der Waals surface area contributed by atoms with Gasteiger partial charge in [0.1, 0.15) is 18.2 Å². The predicted molar refractivity (Wildman–Crippen MR) is 72.0 cm³/mol. The molecule has 0 amide bonds. The summed E-state index contributed by atoms with van der Waals surface area (Å²) >= 11 is 0. The summed E-state index contributed by atoms with van der Waals surface area (Å²) in [6.45, 7) is 3.43. The van der Waals surface area contributed by atoms with Crippen molar-refractivity contribution in [2.24, 2.45) is 0 Å². The molecule has 1 aliphatic carbocycles. The molecule has 0 radical (unpaired) electrons. The van der Waals surface area contributed by atoms with E-state index in [2.05, 4.69) is 6.58 Å². The second-order valence-corrected chi connectivity index (χ2v) is 4.21. The first-order valence-electron chi connectivity index (χ1n) is 6.17. The molecule has 0 aliphatic heterocycles. The Kier molecular flexibility index (Phi) is 4.40. The van der Waals surface area contributed by atoms with Crippen LogP contribution in [0, 0.1) is 0 Å². The summed E-state index contributed by atoms with van der Waals surface area (Å²) in [7, 11) is 1.56. The van der Waals surface area contributed by atoms with Crippen LogP contribution in [0.25, 0.3) is 5.76 Å². The van der Waals surface area contributed by atoms with E-state index in [-0.39, 0.29) is 18.8 Å². The Morgan fingerprint density at radius 1 is 1.45 bits per heavy atom. The van der Waals surface area contributed by atoms with Crippen molar-refractivity contribution < 1.29 is 23.4 Å². The van der Waals surface area contributed by atoms with Crippen LogP contribution in [0.1, 0.15) is 17.5 Å². The number of hydrogen-bond acceptors (Lipinski definition) is 4. The van der Waals surface area contributed by atoms with E-state index in [1.165, 1.54) is 6.08 Å². The van der Waals surface area contributed by atoms with E-state index in [0.717, 1.165) is 5.56 Å². The number of rotatable bonds is 4. The Labute approximate surface area is 116 Å². The summed E-state index contributed by atoms with van der Waals surface area (Å²) < 4.78 is 28.7. The van der Waals surface area contributed by atoms with Gasteiger partial charge in [0.25, 0.3) is 0 Å². The molecule has 0 saturated carbocycles. The average molecular weight is 278 g/mol. The summed E-state index contributed by atoms with van der Waals surface area (Å²) in [4.78, 5) is 11.4. The highest BCUT2D eigenvalue weighted by Crippen LogP contribution is 2.35. The molecule has 0 heterocycles. The lowest BCUT2D eigenvalue weighted by Gasteiger charge is -2.19. The minimum absolute atomic E-state index is 0.0171. The highest BCUT2D eigenvalue weighted by molar-refractivity contribution is 5.76. The van der Waals surface area contributed by atoms with Gasteiger partial charge < -0.3 is 14.2 Å². The van der Waals surface area contributed by atoms with Crippen LogP contribution in [0.3, 0.4) is 0 Å². The van der Waals surface area contributed by atoms with Crippen molar-refractivity contribution in [3.05, 3.63) is 47.8 Å². The number of fused-ring (bicyclic) bond motifs is 1. The lowest BCUT2D eigenvalue weighted by atomic mass is 9.95. The van der Waals surface area contributed by atoms with Crippen molar-refractivity contribution in [1.29, 1.82) is 0 Å². The van der Waals surface area contributed by atoms with Gasteiger partial charge >= 0.3 is 6.16 Å². The maximum Gasteiger partial charge on any atom is 0.514 e. The van der Waals surface area contributed by atoms with Gasteiger partial charge in [0.05, 0.1) is 7.11 Å². The number of benzene rings is 1. The third kappa shape index (κ3) is 2.99. The second-order valence-electron chi connectivity index (χ2n) is 4.21. The molecule has 1 aromatic carbocycles. The van der Waals surface area contributed by atoms with Crippen LogP contribution in [0.5, 0.6) is 5.75 Å².